The predicted octanol–water partition coefficient (Wildman–Crippen LogP) is 2.76. The highest BCUT2D eigenvalue weighted by Gasteiger charge is 2.09. The van der Waals surface area contributed by atoms with E-state index in [-0.39, 0.29) is 0 Å². The first-order valence-corrected chi connectivity index (χ1v) is 6.58. The normalized spacial score (nSPS) is 11.7. The van der Waals surface area contributed by atoms with Crippen LogP contribution in [0.4, 0.5) is 0 Å². The van der Waals surface area contributed by atoms with Crippen molar-refractivity contribution < 1.29 is 9.94 Å². The first kappa shape index (κ1) is 14.1. The van der Waals surface area contributed by atoms with Gasteiger partial charge in [-0.1, -0.05) is 24.2 Å². The third-order valence-electron chi connectivity index (χ3n) is 3.19. The molecule has 2 rings (SSSR count). The van der Waals surface area contributed by atoms with E-state index in [9.17, 15) is 0 Å². The molecule has 2 aromatic rings. The lowest BCUT2D eigenvalue weighted by Crippen LogP contribution is -2.06. The summed E-state index contributed by atoms with van der Waals surface area (Å²) in [6.07, 6.45) is 0.903. The zero-order valence-corrected chi connectivity index (χ0v) is 12.0. The first-order valence-electron chi connectivity index (χ1n) is 6.58. The molecule has 0 bridgehead atoms. The van der Waals surface area contributed by atoms with Crippen LogP contribution in [-0.4, -0.2) is 20.7 Å². The van der Waals surface area contributed by atoms with Gasteiger partial charge in [0.1, 0.15) is 12.4 Å². The number of hydrogen-bond donors (Lipinski definition) is 1. The molecule has 0 atom stereocenters. The van der Waals surface area contributed by atoms with Gasteiger partial charge in [0, 0.05) is 12.6 Å². The molecule has 0 fully saturated rings. The number of rotatable bonds is 5. The SMILES string of the molecule is CCc1cc(COc2ccccc2C(C)=NO)n(C)n1. The molecule has 0 aliphatic rings. The standard InChI is InChI=1S/C15H19N3O2/c1-4-12-9-13(18(3)16-12)10-20-15-8-6-5-7-14(15)11(2)17-19/h5-9,19H,4,10H2,1-3H3. The summed E-state index contributed by atoms with van der Waals surface area (Å²) < 4.78 is 7.66. The van der Waals surface area contributed by atoms with E-state index in [4.69, 9.17) is 9.94 Å². The maximum Gasteiger partial charge on any atom is 0.130 e. The molecule has 0 saturated heterocycles. The Morgan fingerprint density at radius 1 is 1.40 bits per heavy atom. The number of nitrogens with zero attached hydrogens (tertiary/aromatic N) is 3. The lowest BCUT2D eigenvalue weighted by Gasteiger charge is -2.10. The van der Waals surface area contributed by atoms with Crippen LogP contribution >= 0.6 is 0 Å². The Morgan fingerprint density at radius 3 is 2.80 bits per heavy atom. The molecular formula is C15H19N3O2. The summed E-state index contributed by atoms with van der Waals surface area (Å²) in [5.74, 6) is 0.696. The second kappa shape index (κ2) is 6.23. The minimum Gasteiger partial charge on any atom is -0.487 e. The van der Waals surface area contributed by atoms with E-state index >= 15 is 0 Å². The highest BCUT2D eigenvalue weighted by Crippen LogP contribution is 2.20. The van der Waals surface area contributed by atoms with E-state index in [1.807, 2.05) is 42.1 Å². The molecule has 1 aromatic heterocycles. The maximum absolute atomic E-state index is 8.90. The van der Waals surface area contributed by atoms with Crippen LogP contribution in [0.2, 0.25) is 0 Å². The minimum atomic E-state index is 0.430. The summed E-state index contributed by atoms with van der Waals surface area (Å²) in [5.41, 5.74) is 3.37. The van der Waals surface area contributed by atoms with Crippen molar-refractivity contribution in [2.75, 3.05) is 0 Å². The lowest BCUT2D eigenvalue weighted by atomic mass is 10.1. The molecule has 106 valence electrons. The number of aryl methyl sites for hydroxylation is 2. The van der Waals surface area contributed by atoms with Gasteiger partial charge in [0.05, 0.1) is 17.1 Å². The van der Waals surface area contributed by atoms with Crippen LogP contribution in [-0.2, 0) is 20.1 Å². The van der Waals surface area contributed by atoms with E-state index in [1.54, 1.807) is 6.92 Å². The van der Waals surface area contributed by atoms with Crippen molar-refractivity contribution in [3.63, 3.8) is 0 Å². The van der Waals surface area contributed by atoms with Gasteiger partial charge in [0.2, 0.25) is 0 Å². The zero-order chi connectivity index (χ0) is 14.5. The van der Waals surface area contributed by atoms with E-state index in [1.165, 1.54) is 0 Å². The van der Waals surface area contributed by atoms with Crippen LogP contribution in [0.25, 0.3) is 0 Å². The number of para-hydroxylation sites is 1. The summed E-state index contributed by atoms with van der Waals surface area (Å²) in [5, 5.41) is 16.5. The van der Waals surface area contributed by atoms with E-state index < -0.39 is 0 Å². The smallest absolute Gasteiger partial charge is 0.130 e. The molecule has 0 unspecified atom stereocenters. The maximum atomic E-state index is 8.90. The number of benzene rings is 1. The van der Waals surface area contributed by atoms with E-state index in [0.717, 1.165) is 23.4 Å². The van der Waals surface area contributed by atoms with Crippen molar-refractivity contribution in [1.82, 2.24) is 9.78 Å². The van der Waals surface area contributed by atoms with Crippen molar-refractivity contribution in [1.29, 1.82) is 0 Å². The number of aromatic nitrogens is 2. The Morgan fingerprint density at radius 2 is 2.15 bits per heavy atom. The molecule has 0 saturated carbocycles. The Bertz CT molecular complexity index is 617. The van der Waals surface area contributed by atoms with Crippen LogP contribution in [0.1, 0.15) is 30.8 Å². The number of oxime groups is 1. The van der Waals surface area contributed by atoms with Gasteiger partial charge in [-0.25, -0.2) is 0 Å². The monoisotopic (exact) mass is 273 g/mol. The lowest BCUT2D eigenvalue weighted by molar-refractivity contribution is 0.293. The third-order valence-corrected chi connectivity index (χ3v) is 3.19. The first-order chi connectivity index (χ1) is 9.65. The second-order valence-corrected chi connectivity index (χ2v) is 4.57. The topological polar surface area (TPSA) is 59.6 Å². The van der Waals surface area contributed by atoms with E-state index in [0.29, 0.717) is 18.1 Å². The summed E-state index contributed by atoms with van der Waals surface area (Å²) in [6, 6.07) is 9.54. The molecule has 0 aliphatic carbocycles. The van der Waals surface area contributed by atoms with Crippen LogP contribution in [0.3, 0.4) is 0 Å². The van der Waals surface area contributed by atoms with Crippen LogP contribution in [0.5, 0.6) is 5.75 Å². The zero-order valence-electron chi connectivity index (χ0n) is 12.0. The van der Waals surface area contributed by atoms with Crippen molar-refractivity contribution in [3.05, 3.63) is 47.3 Å². The molecule has 0 aliphatic heterocycles. The van der Waals surface area contributed by atoms with Gasteiger partial charge >= 0.3 is 0 Å². The van der Waals surface area contributed by atoms with Gasteiger partial charge in [-0.05, 0) is 31.5 Å². The van der Waals surface area contributed by atoms with Crippen molar-refractivity contribution >= 4 is 5.71 Å². The molecule has 1 N–H and O–H groups in total. The van der Waals surface area contributed by atoms with Crippen LogP contribution in [0.15, 0.2) is 35.5 Å². The fourth-order valence-corrected chi connectivity index (χ4v) is 1.98. The summed E-state index contributed by atoms with van der Waals surface area (Å²) >= 11 is 0. The summed E-state index contributed by atoms with van der Waals surface area (Å²) in [4.78, 5) is 0. The van der Waals surface area contributed by atoms with Crippen LogP contribution < -0.4 is 4.74 Å². The molecule has 1 heterocycles. The highest BCUT2D eigenvalue weighted by atomic mass is 16.5. The molecule has 1 aromatic carbocycles. The highest BCUT2D eigenvalue weighted by molar-refractivity contribution is 6.00. The fraction of sp³-hybridized carbons (Fsp3) is 0.333. The number of hydrogen-bond acceptors (Lipinski definition) is 4. The largest absolute Gasteiger partial charge is 0.487 e. The summed E-state index contributed by atoms with van der Waals surface area (Å²) in [7, 11) is 1.91. The van der Waals surface area contributed by atoms with Crippen molar-refractivity contribution in [3.8, 4) is 5.75 Å². The number of ether oxygens (including phenoxy) is 1. The van der Waals surface area contributed by atoms with Gasteiger partial charge < -0.3 is 9.94 Å². The van der Waals surface area contributed by atoms with Crippen molar-refractivity contribution in [2.24, 2.45) is 12.2 Å². The molecule has 0 radical (unpaired) electrons. The Hall–Kier alpha value is -2.30. The average Bonchev–Trinajstić information content (AvgIpc) is 2.85. The predicted molar refractivity (Wildman–Crippen MR) is 77.4 cm³/mol. The summed E-state index contributed by atoms with van der Waals surface area (Å²) in [6.45, 7) is 4.24. The van der Waals surface area contributed by atoms with Crippen molar-refractivity contribution in [2.45, 2.75) is 26.9 Å². The Labute approximate surface area is 118 Å². The Kier molecular flexibility index (Phi) is 4.40. The van der Waals surface area contributed by atoms with Gasteiger partial charge in [0.25, 0.3) is 0 Å². The van der Waals surface area contributed by atoms with E-state index in [2.05, 4.69) is 17.2 Å². The molecule has 5 heteroatoms. The fourth-order valence-electron chi connectivity index (χ4n) is 1.98. The van der Waals surface area contributed by atoms with Crippen LogP contribution in [0, 0.1) is 0 Å². The molecule has 0 amide bonds. The molecule has 20 heavy (non-hydrogen) atoms. The Balaban J connectivity index is 2.16. The second-order valence-electron chi connectivity index (χ2n) is 4.57. The molecular weight excluding hydrogens is 254 g/mol. The average molecular weight is 273 g/mol. The van der Waals surface area contributed by atoms with Gasteiger partial charge in [-0.2, -0.15) is 5.10 Å². The van der Waals surface area contributed by atoms with Gasteiger partial charge in [-0.15, -0.1) is 0 Å². The minimum absolute atomic E-state index is 0.430. The third kappa shape index (κ3) is 2.99. The van der Waals surface area contributed by atoms with Gasteiger partial charge in [-0.3, -0.25) is 4.68 Å². The molecule has 5 nitrogen and oxygen atoms in total. The van der Waals surface area contributed by atoms with Gasteiger partial charge in [0.15, 0.2) is 0 Å². The molecule has 0 spiro atoms. The quantitative estimate of drug-likeness (QED) is 0.517.